The molecule has 0 saturated heterocycles. The first-order valence-corrected chi connectivity index (χ1v) is 2.68. The Balaban J connectivity index is 2.61. The molecule has 0 N–H and O–H groups in total. The van der Waals surface area contributed by atoms with Gasteiger partial charge in [-0.1, -0.05) is 6.08 Å². The second-order valence-corrected chi connectivity index (χ2v) is 1.96. The Morgan fingerprint density at radius 2 is 2.00 bits per heavy atom. The molecule has 1 rings (SSSR count). The van der Waals surface area contributed by atoms with Crippen molar-refractivity contribution >= 4 is 0 Å². The number of rotatable bonds is 0. The van der Waals surface area contributed by atoms with Crippen LogP contribution in [0.5, 0.6) is 0 Å². The molecule has 0 heterocycles. The van der Waals surface area contributed by atoms with Crippen LogP contribution < -0.4 is 0 Å². The summed E-state index contributed by atoms with van der Waals surface area (Å²) in [5.41, 5.74) is -0.400. The lowest BCUT2D eigenvalue weighted by molar-refractivity contribution is -0.0926. The molecule has 3 heteroatoms. The van der Waals surface area contributed by atoms with Crippen LogP contribution in [0, 0.1) is 6.42 Å². The molecule has 0 nitrogen and oxygen atoms in total. The van der Waals surface area contributed by atoms with Crippen LogP contribution >= 0.6 is 0 Å². The molecule has 0 saturated carbocycles. The minimum atomic E-state index is -4.09. The minimum Gasteiger partial charge on any atom is -0.166 e. The maximum atomic E-state index is 11.7. The molecule has 1 aliphatic carbocycles. The summed E-state index contributed by atoms with van der Waals surface area (Å²) in [5.74, 6) is 0. The molecular formula is C6H6F3. The lowest BCUT2D eigenvalue weighted by atomic mass is 10.2. The Hall–Kier alpha value is -0.470. The van der Waals surface area contributed by atoms with E-state index in [1.165, 1.54) is 6.08 Å². The van der Waals surface area contributed by atoms with Crippen LogP contribution in [0.3, 0.4) is 0 Å². The van der Waals surface area contributed by atoms with Crippen LogP contribution in [0.4, 0.5) is 13.2 Å². The van der Waals surface area contributed by atoms with Crippen molar-refractivity contribution in [3.05, 3.63) is 18.1 Å². The van der Waals surface area contributed by atoms with Gasteiger partial charge in [0.2, 0.25) is 0 Å². The molecule has 0 unspecified atom stereocenters. The van der Waals surface area contributed by atoms with E-state index in [1.54, 1.807) is 6.42 Å². The van der Waals surface area contributed by atoms with Gasteiger partial charge in [-0.05, 0) is 19.3 Å². The Morgan fingerprint density at radius 3 is 2.22 bits per heavy atom. The van der Waals surface area contributed by atoms with E-state index in [2.05, 4.69) is 0 Å². The second kappa shape index (κ2) is 2.05. The quantitative estimate of drug-likeness (QED) is 0.447. The maximum absolute atomic E-state index is 11.7. The van der Waals surface area contributed by atoms with E-state index in [-0.39, 0.29) is 6.42 Å². The third-order valence-electron chi connectivity index (χ3n) is 1.26. The van der Waals surface area contributed by atoms with Gasteiger partial charge in [0.1, 0.15) is 0 Å². The van der Waals surface area contributed by atoms with Gasteiger partial charge in [-0.15, -0.1) is 0 Å². The van der Waals surface area contributed by atoms with E-state index in [0.717, 1.165) is 0 Å². The fraction of sp³-hybridized carbons (Fsp3) is 0.500. The summed E-state index contributed by atoms with van der Waals surface area (Å²) < 4.78 is 35.0. The Labute approximate surface area is 51.4 Å². The molecule has 0 amide bonds. The zero-order valence-corrected chi connectivity index (χ0v) is 4.70. The van der Waals surface area contributed by atoms with Crippen molar-refractivity contribution < 1.29 is 13.2 Å². The van der Waals surface area contributed by atoms with E-state index < -0.39 is 11.7 Å². The van der Waals surface area contributed by atoms with E-state index in [0.29, 0.717) is 6.42 Å². The third-order valence-corrected chi connectivity index (χ3v) is 1.26. The van der Waals surface area contributed by atoms with Crippen molar-refractivity contribution in [1.29, 1.82) is 0 Å². The van der Waals surface area contributed by atoms with E-state index in [9.17, 15) is 13.2 Å². The standard InChI is InChI=1S/C6H6F3/c7-6(8,9)5-3-1-2-4-5/h1,4H,2-3H2. The molecule has 0 bridgehead atoms. The van der Waals surface area contributed by atoms with Crippen molar-refractivity contribution in [3.63, 3.8) is 0 Å². The van der Waals surface area contributed by atoms with Gasteiger partial charge >= 0.3 is 6.18 Å². The monoisotopic (exact) mass is 135 g/mol. The summed E-state index contributed by atoms with van der Waals surface area (Å²) in [4.78, 5) is 0. The molecule has 0 aromatic rings. The molecule has 0 aromatic heterocycles. The van der Waals surface area contributed by atoms with E-state index in [1.807, 2.05) is 0 Å². The van der Waals surface area contributed by atoms with Crippen molar-refractivity contribution in [2.75, 3.05) is 0 Å². The molecular weight excluding hydrogens is 129 g/mol. The van der Waals surface area contributed by atoms with Gasteiger partial charge in [0.25, 0.3) is 0 Å². The molecule has 1 aliphatic rings. The lowest BCUT2D eigenvalue weighted by Crippen LogP contribution is -2.09. The van der Waals surface area contributed by atoms with Crippen LogP contribution in [-0.4, -0.2) is 6.18 Å². The first kappa shape index (κ1) is 6.65. The summed E-state index contributed by atoms with van der Waals surface area (Å²) in [6.45, 7) is 0. The number of hydrogen-bond donors (Lipinski definition) is 0. The highest BCUT2D eigenvalue weighted by Gasteiger charge is 2.34. The lowest BCUT2D eigenvalue weighted by Gasteiger charge is -2.04. The first-order valence-electron chi connectivity index (χ1n) is 2.68. The minimum absolute atomic E-state index is 0.0868. The second-order valence-electron chi connectivity index (χ2n) is 1.96. The fourth-order valence-electron chi connectivity index (χ4n) is 0.779. The molecule has 9 heavy (non-hydrogen) atoms. The van der Waals surface area contributed by atoms with Gasteiger partial charge in [-0.25, -0.2) is 0 Å². The molecule has 0 aromatic carbocycles. The van der Waals surface area contributed by atoms with Crippen LogP contribution in [0.2, 0.25) is 0 Å². The number of allylic oxidation sites excluding steroid dienone is 2. The smallest absolute Gasteiger partial charge is 0.166 e. The Morgan fingerprint density at radius 1 is 1.33 bits per heavy atom. The van der Waals surface area contributed by atoms with Crippen LogP contribution in [0.25, 0.3) is 0 Å². The van der Waals surface area contributed by atoms with Crippen LogP contribution in [-0.2, 0) is 0 Å². The van der Waals surface area contributed by atoms with Gasteiger partial charge in [-0.2, -0.15) is 13.2 Å². The topological polar surface area (TPSA) is 0 Å². The zero-order chi connectivity index (χ0) is 6.91. The fourth-order valence-corrected chi connectivity index (χ4v) is 0.779. The van der Waals surface area contributed by atoms with Gasteiger partial charge in [0, 0.05) is 5.57 Å². The van der Waals surface area contributed by atoms with Crippen molar-refractivity contribution in [1.82, 2.24) is 0 Å². The molecule has 1 radical (unpaired) electrons. The highest BCUT2D eigenvalue weighted by Crippen LogP contribution is 2.32. The largest absolute Gasteiger partial charge is 0.412 e. The summed E-state index contributed by atoms with van der Waals surface area (Å²) in [7, 11) is 0. The average Bonchev–Trinajstić information content (AvgIpc) is 2.08. The maximum Gasteiger partial charge on any atom is 0.412 e. The van der Waals surface area contributed by atoms with Gasteiger partial charge in [0.05, 0.1) is 0 Å². The van der Waals surface area contributed by atoms with E-state index >= 15 is 0 Å². The van der Waals surface area contributed by atoms with Gasteiger partial charge in [-0.3, -0.25) is 0 Å². The van der Waals surface area contributed by atoms with Gasteiger partial charge in [0.15, 0.2) is 0 Å². The highest BCUT2D eigenvalue weighted by atomic mass is 19.4. The molecule has 0 spiro atoms. The molecule has 0 fully saturated rings. The predicted octanol–water partition coefficient (Wildman–Crippen LogP) is 2.47. The Bertz CT molecular complexity index is 132. The van der Waals surface area contributed by atoms with Crippen molar-refractivity contribution in [3.8, 4) is 0 Å². The summed E-state index contributed by atoms with van der Waals surface area (Å²) in [6.07, 6.45) is -0.700. The normalized spacial score (nSPS) is 20.1. The van der Waals surface area contributed by atoms with Crippen LogP contribution in [0.1, 0.15) is 12.8 Å². The summed E-state index contributed by atoms with van der Waals surface area (Å²) in [5, 5.41) is 0. The molecule has 51 valence electrons. The van der Waals surface area contributed by atoms with E-state index in [4.69, 9.17) is 0 Å². The average molecular weight is 135 g/mol. The van der Waals surface area contributed by atoms with Gasteiger partial charge < -0.3 is 0 Å². The highest BCUT2D eigenvalue weighted by molar-refractivity contribution is 5.18. The number of hydrogen-bond acceptors (Lipinski definition) is 0. The SMILES string of the molecule is FC(F)(F)C1=CC[CH]C1. The summed E-state index contributed by atoms with van der Waals surface area (Å²) in [6, 6.07) is 0. The number of alkyl halides is 3. The van der Waals surface area contributed by atoms with Crippen LogP contribution in [0.15, 0.2) is 11.6 Å². The molecule has 0 aliphatic heterocycles. The van der Waals surface area contributed by atoms with Crippen molar-refractivity contribution in [2.45, 2.75) is 19.0 Å². The zero-order valence-electron chi connectivity index (χ0n) is 4.70. The summed E-state index contributed by atoms with van der Waals surface area (Å²) >= 11 is 0. The third kappa shape index (κ3) is 1.47. The number of halogens is 3. The Kier molecular flexibility index (Phi) is 1.51. The van der Waals surface area contributed by atoms with Crippen molar-refractivity contribution in [2.24, 2.45) is 0 Å². The molecule has 0 atom stereocenters. The first-order chi connectivity index (χ1) is 4.11. The predicted molar refractivity (Wildman–Crippen MR) is 27.7 cm³/mol.